The summed E-state index contributed by atoms with van der Waals surface area (Å²) < 4.78 is 11.0. The van der Waals surface area contributed by atoms with Gasteiger partial charge in [-0.25, -0.2) is 0 Å². The molecule has 37 heavy (non-hydrogen) atoms. The molecule has 1 fully saturated rings. The number of carbonyl (C=O) groups is 3. The van der Waals surface area contributed by atoms with Crippen molar-refractivity contribution >= 4 is 75.7 Å². The first-order valence-electron chi connectivity index (χ1n) is 10.8. The fourth-order valence-electron chi connectivity index (χ4n) is 3.49. The summed E-state index contributed by atoms with van der Waals surface area (Å²) in [6.07, 6.45) is 1.37. The van der Waals surface area contributed by atoms with Crippen LogP contribution in [0.15, 0.2) is 72.3 Å². The van der Waals surface area contributed by atoms with E-state index in [1.54, 1.807) is 54.6 Å². The van der Waals surface area contributed by atoms with Crippen molar-refractivity contribution in [3.05, 3.63) is 87.9 Å². The van der Waals surface area contributed by atoms with Crippen LogP contribution in [0.4, 0.5) is 11.4 Å². The zero-order chi connectivity index (χ0) is 26.5. The lowest BCUT2D eigenvalue weighted by Gasteiger charge is -2.28. The Bertz CT molecular complexity index is 1430. The number of hydrogen-bond acceptors (Lipinski definition) is 6. The molecule has 3 aromatic rings. The number of ether oxygens (including phenoxy) is 2. The number of methoxy groups -OCH3 is 1. The molecule has 3 amide bonds. The van der Waals surface area contributed by atoms with Gasteiger partial charge in [0.05, 0.1) is 28.5 Å². The summed E-state index contributed by atoms with van der Waals surface area (Å²) in [4.78, 5) is 39.3. The van der Waals surface area contributed by atoms with Crippen LogP contribution < -0.4 is 25.0 Å². The molecule has 1 aliphatic heterocycles. The number of thiocarbonyl (C=S) groups is 1. The minimum Gasteiger partial charge on any atom is -0.493 e. The average Bonchev–Trinajstić information content (AvgIpc) is 2.87. The number of benzene rings is 3. The van der Waals surface area contributed by atoms with Crippen molar-refractivity contribution in [2.24, 2.45) is 0 Å². The third-order valence-corrected chi connectivity index (χ3v) is 6.07. The SMILES string of the molecule is COc1cc(/C=C2/C(=O)NC(=S)N(c3ccccc3)C2=O)cc(Cl)c1OCC(=O)Nc1ccccc1Cl. The van der Waals surface area contributed by atoms with Crippen molar-refractivity contribution in [1.82, 2.24) is 5.32 Å². The maximum Gasteiger partial charge on any atom is 0.270 e. The van der Waals surface area contributed by atoms with Gasteiger partial charge in [-0.1, -0.05) is 53.5 Å². The van der Waals surface area contributed by atoms with Gasteiger partial charge in [0.15, 0.2) is 23.2 Å². The van der Waals surface area contributed by atoms with Crippen molar-refractivity contribution in [2.45, 2.75) is 0 Å². The fourth-order valence-corrected chi connectivity index (χ4v) is 4.22. The van der Waals surface area contributed by atoms with Crippen molar-refractivity contribution < 1.29 is 23.9 Å². The molecule has 0 saturated carbocycles. The molecular formula is C26H19Cl2N3O5S. The van der Waals surface area contributed by atoms with Gasteiger partial charge in [-0.05, 0) is 60.3 Å². The van der Waals surface area contributed by atoms with Crippen molar-refractivity contribution in [3.8, 4) is 11.5 Å². The molecule has 2 N–H and O–H groups in total. The van der Waals surface area contributed by atoms with Gasteiger partial charge < -0.3 is 14.8 Å². The Morgan fingerprint density at radius 3 is 2.46 bits per heavy atom. The predicted octanol–water partition coefficient (Wildman–Crippen LogP) is 4.85. The number of para-hydroxylation sites is 2. The zero-order valence-electron chi connectivity index (χ0n) is 19.3. The molecule has 0 aromatic heterocycles. The molecule has 1 heterocycles. The molecule has 4 rings (SSSR count). The quantitative estimate of drug-likeness (QED) is 0.246. The first-order chi connectivity index (χ1) is 17.8. The second-order valence-electron chi connectivity index (χ2n) is 7.64. The molecule has 0 unspecified atom stereocenters. The number of nitrogens with one attached hydrogen (secondary N) is 2. The lowest BCUT2D eigenvalue weighted by Crippen LogP contribution is -2.54. The van der Waals surface area contributed by atoms with Crippen LogP contribution in [-0.2, 0) is 14.4 Å². The maximum absolute atomic E-state index is 13.2. The highest BCUT2D eigenvalue weighted by Gasteiger charge is 2.34. The van der Waals surface area contributed by atoms with Gasteiger partial charge >= 0.3 is 0 Å². The van der Waals surface area contributed by atoms with Crippen LogP contribution in [0.3, 0.4) is 0 Å². The van der Waals surface area contributed by atoms with E-state index in [2.05, 4.69) is 10.6 Å². The summed E-state index contributed by atoms with van der Waals surface area (Å²) in [7, 11) is 1.40. The van der Waals surface area contributed by atoms with Gasteiger partial charge in [0.1, 0.15) is 5.57 Å². The Kier molecular flexibility index (Phi) is 8.08. The summed E-state index contributed by atoms with van der Waals surface area (Å²) in [5, 5.41) is 5.65. The summed E-state index contributed by atoms with van der Waals surface area (Å²) in [5.74, 6) is -1.38. The van der Waals surface area contributed by atoms with E-state index in [-0.39, 0.29) is 33.8 Å². The van der Waals surface area contributed by atoms with E-state index in [4.69, 9.17) is 44.9 Å². The summed E-state index contributed by atoms with van der Waals surface area (Å²) >= 11 is 17.7. The van der Waals surface area contributed by atoms with E-state index < -0.39 is 17.7 Å². The topological polar surface area (TPSA) is 97.0 Å². The maximum atomic E-state index is 13.2. The Morgan fingerprint density at radius 1 is 1.05 bits per heavy atom. The Morgan fingerprint density at radius 2 is 1.76 bits per heavy atom. The molecule has 11 heteroatoms. The average molecular weight is 556 g/mol. The molecule has 1 aliphatic rings. The Labute approximate surface area is 227 Å². The zero-order valence-corrected chi connectivity index (χ0v) is 21.6. The van der Waals surface area contributed by atoms with Crippen LogP contribution in [0.2, 0.25) is 10.0 Å². The van der Waals surface area contributed by atoms with Gasteiger partial charge in [-0.2, -0.15) is 0 Å². The lowest BCUT2D eigenvalue weighted by atomic mass is 10.1. The number of carbonyl (C=O) groups excluding carboxylic acids is 3. The molecule has 0 bridgehead atoms. The lowest BCUT2D eigenvalue weighted by molar-refractivity contribution is -0.122. The van der Waals surface area contributed by atoms with Gasteiger partial charge in [0.2, 0.25) is 0 Å². The van der Waals surface area contributed by atoms with E-state index in [1.807, 2.05) is 0 Å². The van der Waals surface area contributed by atoms with Crippen LogP contribution in [0, 0.1) is 0 Å². The summed E-state index contributed by atoms with van der Waals surface area (Å²) in [6, 6.07) is 18.5. The fraction of sp³-hybridized carbons (Fsp3) is 0.0769. The second-order valence-corrected chi connectivity index (χ2v) is 8.85. The van der Waals surface area contributed by atoms with Gasteiger partial charge in [-0.15, -0.1) is 0 Å². The molecule has 3 aromatic carbocycles. The van der Waals surface area contributed by atoms with Crippen molar-refractivity contribution in [1.29, 1.82) is 0 Å². The van der Waals surface area contributed by atoms with Crippen LogP contribution in [0.1, 0.15) is 5.56 Å². The van der Waals surface area contributed by atoms with E-state index in [0.29, 0.717) is 22.0 Å². The van der Waals surface area contributed by atoms with Crippen LogP contribution in [0.25, 0.3) is 6.08 Å². The Balaban J connectivity index is 1.56. The van der Waals surface area contributed by atoms with E-state index in [9.17, 15) is 14.4 Å². The molecule has 188 valence electrons. The second kappa shape index (κ2) is 11.4. The molecule has 0 spiro atoms. The summed E-state index contributed by atoms with van der Waals surface area (Å²) in [6.45, 7) is -0.369. The number of hydrogen-bond donors (Lipinski definition) is 2. The third kappa shape index (κ3) is 5.91. The Hall–Kier alpha value is -3.92. The van der Waals surface area contributed by atoms with E-state index in [0.717, 1.165) is 0 Å². The molecule has 0 atom stereocenters. The van der Waals surface area contributed by atoms with Crippen molar-refractivity contribution in [3.63, 3.8) is 0 Å². The standard InChI is InChI=1S/C26H19Cl2N3O5S/c1-35-21-13-15(11-17-24(33)30-26(37)31(25(17)34)16-7-3-2-4-8-16)12-19(28)23(21)36-14-22(32)29-20-10-6-5-9-18(20)27/h2-13H,14H2,1H3,(H,29,32)(H,30,33,37)/b17-11-. The number of amides is 3. The van der Waals surface area contributed by atoms with Crippen LogP contribution >= 0.6 is 35.4 Å². The number of rotatable bonds is 7. The molecular weight excluding hydrogens is 537 g/mol. The largest absolute Gasteiger partial charge is 0.493 e. The van der Waals surface area contributed by atoms with Gasteiger partial charge in [0.25, 0.3) is 17.7 Å². The number of nitrogens with zero attached hydrogens (tertiary/aromatic N) is 1. The highest BCUT2D eigenvalue weighted by atomic mass is 35.5. The minimum absolute atomic E-state index is 0.0206. The van der Waals surface area contributed by atoms with Crippen LogP contribution in [-0.4, -0.2) is 36.6 Å². The smallest absolute Gasteiger partial charge is 0.270 e. The molecule has 0 radical (unpaired) electrons. The molecule has 0 aliphatic carbocycles. The van der Waals surface area contributed by atoms with E-state index in [1.165, 1.54) is 30.2 Å². The first-order valence-corrected chi connectivity index (χ1v) is 12.0. The monoisotopic (exact) mass is 555 g/mol. The minimum atomic E-state index is -0.645. The van der Waals surface area contributed by atoms with E-state index >= 15 is 0 Å². The van der Waals surface area contributed by atoms with Gasteiger partial charge in [-0.3, -0.25) is 24.6 Å². The molecule has 8 nitrogen and oxygen atoms in total. The molecule has 1 saturated heterocycles. The predicted molar refractivity (Wildman–Crippen MR) is 146 cm³/mol. The highest BCUT2D eigenvalue weighted by Crippen LogP contribution is 2.37. The normalized spacial score (nSPS) is 14.4. The van der Waals surface area contributed by atoms with Crippen molar-refractivity contribution in [2.75, 3.05) is 23.9 Å². The van der Waals surface area contributed by atoms with Crippen LogP contribution in [0.5, 0.6) is 11.5 Å². The number of anilines is 2. The number of halogens is 2. The highest BCUT2D eigenvalue weighted by molar-refractivity contribution is 7.80. The first kappa shape index (κ1) is 26.2. The third-order valence-electron chi connectivity index (χ3n) is 5.17. The summed E-state index contributed by atoms with van der Waals surface area (Å²) in [5.41, 5.74) is 1.20. The van der Waals surface area contributed by atoms with Gasteiger partial charge in [0, 0.05) is 0 Å².